The summed E-state index contributed by atoms with van der Waals surface area (Å²) in [7, 11) is 0. The van der Waals surface area contributed by atoms with E-state index in [9.17, 15) is 4.79 Å². The summed E-state index contributed by atoms with van der Waals surface area (Å²) in [5, 5.41) is 0. The maximum atomic E-state index is 12.6. The minimum Gasteiger partial charge on any atom is -0.333 e. The second-order valence-electron chi connectivity index (χ2n) is 6.11. The molecule has 0 atom stereocenters. The van der Waals surface area contributed by atoms with Crippen molar-refractivity contribution in [3.8, 4) is 0 Å². The summed E-state index contributed by atoms with van der Waals surface area (Å²) in [4.78, 5) is 14.5. The van der Waals surface area contributed by atoms with Gasteiger partial charge >= 0.3 is 17.1 Å². The molecule has 2 nitrogen and oxygen atoms in total. The molecule has 130 valence electrons. The van der Waals surface area contributed by atoms with Crippen LogP contribution in [-0.4, -0.2) is 17.4 Å². The molecule has 0 bridgehead atoms. The molecule has 3 rings (SSSR count). The molecule has 0 N–H and O–H groups in total. The van der Waals surface area contributed by atoms with Gasteiger partial charge in [0.2, 0.25) is 5.91 Å². The van der Waals surface area contributed by atoms with Crippen LogP contribution < -0.4 is 0 Å². The van der Waals surface area contributed by atoms with Crippen LogP contribution in [0.2, 0.25) is 0 Å². The molecule has 1 amide bonds. The van der Waals surface area contributed by atoms with E-state index >= 15 is 0 Å². The predicted molar refractivity (Wildman–Crippen MR) is 98.8 cm³/mol. The third kappa shape index (κ3) is 6.15. The number of carbonyl (C=O) groups is 1. The fourth-order valence-corrected chi connectivity index (χ4v) is 2.79. The Morgan fingerprint density at radius 2 is 1.36 bits per heavy atom. The summed E-state index contributed by atoms with van der Waals surface area (Å²) in [6.07, 6.45) is 17.5. The average molecular weight is 375 g/mol. The Morgan fingerprint density at radius 3 is 1.80 bits per heavy atom. The van der Waals surface area contributed by atoms with E-state index in [1.807, 2.05) is 87.8 Å². The monoisotopic (exact) mass is 375 g/mol. The third-order valence-corrected chi connectivity index (χ3v) is 4.18. The zero-order chi connectivity index (χ0) is 17.4. The van der Waals surface area contributed by atoms with E-state index in [2.05, 4.69) is 26.0 Å². The molecule has 10 radical (unpaired) electrons. The standard InChI is InChI=1S/C17H20NO.C5H5.Fe/c1-4-18(16(19)14-10-8-9-11-14)17(2,3)15-12-6-5-7-13-15;1-2-4-5-3-1;/h5-13H,4H2,1-3H3;1-5H;/q;;+2. The van der Waals surface area contributed by atoms with E-state index in [0.717, 1.165) is 11.5 Å². The van der Waals surface area contributed by atoms with Crippen molar-refractivity contribution in [2.24, 2.45) is 0 Å². The maximum Gasteiger partial charge on any atom is 2.00 e. The molecule has 2 saturated carbocycles. The molecule has 25 heavy (non-hydrogen) atoms. The van der Waals surface area contributed by atoms with Gasteiger partial charge in [0.1, 0.15) is 0 Å². The molecule has 0 spiro atoms. The predicted octanol–water partition coefficient (Wildman–Crippen LogP) is 4.19. The second kappa shape index (κ2) is 11.0. The van der Waals surface area contributed by atoms with Crippen LogP contribution in [0, 0.1) is 63.7 Å². The van der Waals surface area contributed by atoms with E-state index in [-0.39, 0.29) is 28.5 Å². The van der Waals surface area contributed by atoms with Crippen molar-refractivity contribution in [2.45, 2.75) is 26.3 Å². The van der Waals surface area contributed by atoms with Crippen LogP contribution in [0.25, 0.3) is 0 Å². The number of nitrogens with zero attached hydrogens (tertiary/aromatic N) is 1. The minimum atomic E-state index is -0.315. The molecule has 0 aromatic heterocycles. The first-order chi connectivity index (χ1) is 11.6. The summed E-state index contributed by atoms with van der Waals surface area (Å²) >= 11 is 0. The van der Waals surface area contributed by atoms with Gasteiger partial charge in [0.05, 0.1) is 11.5 Å². The van der Waals surface area contributed by atoms with Crippen molar-refractivity contribution >= 4 is 5.91 Å². The Morgan fingerprint density at radius 1 is 0.880 bits per heavy atom. The summed E-state index contributed by atoms with van der Waals surface area (Å²) in [6, 6.07) is 10.2. The Balaban J connectivity index is 0.000000448. The van der Waals surface area contributed by atoms with Gasteiger partial charge in [0.15, 0.2) is 0 Å². The molecule has 0 aliphatic heterocycles. The first kappa shape index (κ1) is 22.3. The first-order valence-corrected chi connectivity index (χ1v) is 8.33. The first-order valence-electron chi connectivity index (χ1n) is 8.33. The van der Waals surface area contributed by atoms with Crippen molar-refractivity contribution in [2.75, 3.05) is 6.54 Å². The van der Waals surface area contributed by atoms with Gasteiger partial charge in [-0.3, -0.25) is 4.79 Å². The molecular weight excluding hydrogens is 350 g/mol. The summed E-state index contributed by atoms with van der Waals surface area (Å²) in [5.74, 6) is 0.840. The van der Waals surface area contributed by atoms with Crippen molar-refractivity contribution < 1.29 is 21.9 Å². The van der Waals surface area contributed by atoms with Gasteiger partial charge in [0.25, 0.3) is 0 Å². The van der Waals surface area contributed by atoms with Gasteiger partial charge in [-0.1, -0.05) is 30.3 Å². The Bertz CT molecular complexity index is 482. The van der Waals surface area contributed by atoms with E-state index in [1.54, 1.807) is 0 Å². The van der Waals surface area contributed by atoms with Gasteiger partial charge in [0, 0.05) is 6.54 Å². The number of hydrogen-bond acceptors (Lipinski definition) is 1. The molecule has 2 fully saturated rings. The molecule has 0 unspecified atom stereocenters. The second-order valence-corrected chi connectivity index (χ2v) is 6.11. The summed E-state index contributed by atoms with van der Waals surface area (Å²) in [6.45, 7) is 6.89. The van der Waals surface area contributed by atoms with E-state index < -0.39 is 0 Å². The fourth-order valence-electron chi connectivity index (χ4n) is 2.79. The van der Waals surface area contributed by atoms with Gasteiger partial charge < -0.3 is 4.90 Å². The number of hydrogen-bond donors (Lipinski definition) is 0. The summed E-state index contributed by atoms with van der Waals surface area (Å²) < 4.78 is 0. The maximum absolute atomic E-state index is 12.6. The molecule has 0 heterocycles. The zero-order valence-corrected chi connectivity index (χ0v) is 16.1. The van der Waals surface area contributed by atoms with E-state index in [0.29, 0.717) is 6.54 Å². The van der Waals surface area contributed by atoms with Crippen molar-refractivity contribution in [3.63, 3.8) is 0 Å². The van der Waals surface area contributed by atoms with Crippen molar-refractivity contribution in [1.82, 2.24) is 4.90 Å². The fraction of sp³-hybridized carbons (Fsp3) is 0.227. The molecule has 1 aromatic carbocycles. The van der Waals surface area contributed by atoms with Crippen LogP contribution in [0.4, 0.5) is 0 Å². The number of carbonyl (C=O) groups excluding carboxylic acids is 1. The van der Waals surface area contributed by atoms with Crippen LogP contribution in [0.1, 0.15) is 26.3 Å². The molecule has 2 aliphatic rings. The number of benzene rings is 1. The zero-order valence-electron chi connectivity index (χ0n) is 15.0. The largest absolute Gasteiger partial charge is 2.00 e. The molecule has 1 aromatic rings. The normalized spacial score (nSPS) is 17.4. The smallest absolute Gasteiger partial charge is 0.333 e. The topological polar surface area (TPSA) is 20.3 Å². The average Bonchev–Trinajstić information content (AvgIpc) is 3.32. The number of amides is 1. The van der Waals surface area contributed by atoms with Gasteiger partial charge in [-0.15, -0.1) is 0 Å². The van der Waals surface area contributed by atoms with Crippen molar-refractivity contribution in [1.29, 1.82) is 0 Å². The molecule has 2 aliphatic carbocycles. The summed E-state index contributed by atoms with van der Waals surface area (Å²) in [5.41, 5.74) is 0.835. The Kier molecular flexibility index (Phi) is 9.82. The quantitative estimate of drug-likeness (QED) is 0.723. The molecule has 0 saturated heterocycles. The van der Waals surface area contributed by atoms with Gasteiger partial charge in [-0.2, -0.15) is 0 Å². The van der Waals surface area contributed by atoms with Crippen LogP contribution in [0.15, 0.2) is 30.3 Å². The Labute approximate surface area is 165 Å². The number of rotatable bonds is 4. The van der Waals surface area contributed by atoms with Crippen LogP contribution in [0.3, 0.4) is 0 Å². The van der Waals surface area contributed by atoms with Gasteiger partial charge in [-0.25, -0.2) is 0 Å². The SMILES string of the molecule is CCN(C(=O)[C]1[CH][CH][CH][CH]1)C(C)(C)c1ccccc1.[CH]1[CH][CH][CH][CH]1.[Fe+2]. The van der Waals surface area contributed by atoms with Crippen LogP contribution in [-0.2, 0) is 27.4 Å². The van der Waals surface area contributed by atoms with Crippen molar-refractivity contribution in [3.05, 3.63) is 99.6 Å². The van der Waals surface area contributed by atoms with Gasteiger partial charge in [-0.05, 0) is 84.1 Å². The van der Waals surface area contributed by atoms with E-state index in [4.69, 9.17) is 0 Å². The third-order valence-electron chi connectivity index (χ3n) is 4.18. The molecular formula is C22H25FeNO+2. The van der Waals surface area contributed by atoms with E-state index in [1.165, 1.54) is 0 Å². The minimum absolute atomic E-state index is 0. The van der Waals surface area contributed by atoms with Crippen LogP contribution in [0.5, 0.6) is 0 Å². The molecule has 3 heteroatoms. The van der Waals surface area contributed by atoms with Crippen LogP contribution >= 0.6 is 0 Å². The Hall–Kier alpha value is -0.791.